The number of hydrogen-bond acceptors (Lipinski definition) is 3. The molecule has 0 radical (unpaired) electrons. The minimum atomic E-state index is -1.10. The molecule has 1 aromatic carbocycles. The monoisotopic (exact) mass is 261 g/mol. The Bertz CT molecular complexity index is 596. The number of carboxylic acids is 1. The van der Waals surface area contributed by atoms with E-state index >= 15 is 0 Å². The summed E-state index contributed by atoms with van der Waals surface area (Å²) in [5, 5.41) is 8.84. The predicted molar refractivity (Wildman–Crippen MR) is 66.7 cm³/mol. The van der Waals surface area contributed by atoms with Crippen molar-refractivity contribution in [1.82, 2.24) is 4.98 Å². The number of benzene rings is 1. The zero-order valence-electron chi connectivity index (χ0n) is 10.3. The zero-order valence-corrected chi connectivity index (χ0v) is 10.3. The molecule has 0 bridgehead atoms. The molecule has 1 N–H and O–H groups in total. The lowest BCUT2D eigenvalue weighted by molar-refractivity contribution is 0.0696. The van der Waals surface area contributed by atoms with Gasteiger partial charge in [0.15, 0.2) is 0 Å². The molecular formula is C14H12FNO3. The first-order valence-electron chi connectivity index (χ1n) is 5.63. The van der Waals surface area contributed by atoms with E-state index in [1.807, 2.05) is 6.92 Å². The standard InChI is InChI=1S/C14H12FNO3/c1-9-2-4-12(7-16-9)19-8-11-6-10(14(17)18)3-5-13(11)15/h2-7H,8H2,1H3,(H,17,18). The number of carbonyl (C=O) groups is 1. The number of carboxylic acid groups (broad SMARTS) is 1. The Kier molecular flexibility index (Phi) is 3.75. The van der Waals surface area contributed by atoms with Crippen LogP contribution < -0.4 is 4.74 Å². The lowest BCUT2D eigenvalue weighted by atomic mass is 10.1. The molecule has 0 unspecified atom stereocenters. The van der Waals surface area contributed by atoms with Gasteiger partial charge in [-0.15, -0.1) is 0 Å². The molecule has 98 valence electrons. The molecule has 2 rings (SSSR count). The highest BCUT2D eigenvalue weighted by Crippen LogP contribution is 2.15. The first-order valence-corrected chi connectivity index (χ1v) is 5.63. The van der Waals surface area contributed by atoms with E-state index in [4.69, 9.17) is 9.84 Å². The largest absolute Gasteiger partial charge is 0.487 e. The summed E-state index contributed by atoms with van der Waals surface area (Å²) >= 11 is 0. The zero-order chi connectivity index (χ0) is 13.8. The van der Waals surface area contributed by atoms with Gasteiger partial charge in [-0.1, -0.05) is 0 Å². The van der Waals surface area contributed by atoms with Gasteiger partial charge in [0.1, 0.15) is 18.2 Å². The molecule has 0 fully saturated rings. The molecule has 0 aliphatic heterocycles. The van der Waals surface area contributed by atoms with Crippen molar-refractivity contribution in [3.8, 4) is 5.75 Å². The van der Waals surface area contributed by atoms with Crippen LogP contribution in [0.5, 0.6) is 5.75 Å². The number of nitrogens with zero attached hydrogens (tertiary/aromatic N) is 1. The third kappa shape index (κ3) is 3.28. The Hall–Kier alpha value is -2.43. The lowest BCUT2D eigenvalue weighted by Crippen LogP contribution is -2.03. The minimum absolute atomic E-state index is 0.0297. The summed E-state index contributed by atoms with van der Waals surface area (Å²) in [7, 11) is 0. The molecule has 0 aliphatic rings. The maximum atomic E-state index is 13.5. The van der Waals surface area contributed by atoms with Crippen LogP contribution in [-0.2, 0) is 6.61 Å². The van der Waals surface area contributed by atoms with Gasteiger partial charge in [-0.05, 0) is 37.3 Å². The Morgan fingerprint density at radius 3 is 2.79 bits per heavy atom. The summed E-state index contributed by atoms with van der Waals surface area (Å²) in [6.45, 7) is 1.80. The number of aryl methyl sites for hydroxylation is 1. The van der Waals surface area contributed by atoms with E-state index < -0.39 is 11.8 Å². The second kappa shape index (κ2) is 5.48. The quantitative estimate of drug-likeness (QED) is 0.919. The third-order valence-electron chi connectivity index (χ3n) is 2.57. The molecule has 0 saturated heterocycles. The number of aromatic nitrogens is 1. The van der Waals surface area contributed by atoms with Gasteiger partial charge in [0.25, 0.3) is 0 Å². The Labute approximate surface area is 109 Å². The van der Waals surface area contributed by atoms with Gasteiger partial charge in [-0.3, -0.25) is 4.98 Å². The van der Waals surface area contributed by atoms with Gasteiger partial charge in [-0.2, -0.15) is 0 Å². The fraction of sp³-hybridized carbons (Fsp3) is 0.143. The minimum Gasteiger partial charge on any atom is -0.487 e. The SMILES string of the molecule is Cc1ccc(OCc2cc(C(=O)O)ccc2F)cn1. The van der Waals surface area contributed by atoms with Crippen molar-refractivity contribution < 1.29 is 19.0 Å². The molecule has 0 atom stereocenters. The molecule has 1 heterocycles. The second-order valence-electron chi connectivity index (χ2n) is 4.04. The van der Waals surface area contributed by atoms with Crippen LogP contribution >= 0.6 is 0 Å². The Balaban J connectivity index is 2.12. The number of halogens is 1. The summed E-state index contributed by atoms with van der Waals surface area (Å²) in [6.07, 6.45) is 1.54. The average molecular weight is 261 g/mol. The van der Waals surface area contributed by atoms with Crippen LogP contribution in [0.3, 0.4) is 0 Å². The van der Waals surface area contributed by atoms with Crippen molar-refractivity contribution >= 4 is 5.97 Å². The van der Waals surface area contributed by atoms with Gasteiger partial charge >= 0.3 is 5.97 Å². The lowest BCUT2D eigenvalue weighted by Gasteiger charge is -2.07. The summed E-state index contributed by atoms with van der Waals surface area (Å²) in [5.74, 6) is -1.09. The van der Waals surface area contributed by atoms with E-state index in [2.05, 4.69) is 4.98 Å². The fourth-order valence-electron chi connectivity index (χ4n) is 1.52. The number of pyridine rings is 1. The number of hydrogen-bond donors (Lipinski definition) is 1. The Morgan fingerprint density at radius 2 is 2.16 bits per heavy atom. The van der Waals surface area contributed by atoms with E-state index in [0.29, 0.717) is 5.75 Å². The van der Waals surface area contributed by atoms with Gasteiger partial charge < -0.3 is 9.84 Å². The molecular weight excluding hydrogens is 249 g/mol. The van der Waals surface area contributed by atoms with Gasteiger partial charge in [0, 0.05) is 11.3 Å². The van der Waals surface area contributed by atoms with E-state index in [0.717, 1.165) is 11.8 Å². The second-order valence-corrected chi connectivity index (χ2v) is 4.04. The first kappa shape index (κ1) is 13.0. The van der Waals surface area contributed by atoms with Crippen molar-refractivity contribution in [3.63, 3.8) is 0 Å². The van der Waals surface area contributed by atoms with E-state index in [1.165, 1.54) is 18.3 Å². The van der Waals surface area contributed by atoms with Crippen LogP contribution in [-0.4, -0.2) is 16.1 Å². The number of aromatic carboxylic acids is 1. The van der Waals surface area contributed by atoms with Gasteiger partial charge in [0.2, 0.25) is 0 Å². The van der Waals surface area contributed by atoms with Crippen LogP contribution in [0, 0.1) is 12.7 Å². The highest BCUT2D eigenvalue weighted by molar-refractivity contribution is 5.87. The molecule has 2 aromatic rings. The maximum Gasteiger partial charge on any atom is 0.335 e. The normalized spacial score (nSPS) is 10.2. The van der Waals surface area contributed by atoms with Crippen LogP contribution in [0.15, 0.2) is 36.5 Å². The van der Waals surface area contributed by atoms with Crippen molar-refractivity contribution in [3.05, 3.63) is 59.2 Å². The highest BCUT2D eigenvalue weighted by Gasteiger charge is 2.09. The van der Waals surface area contributed by atoms with Crippen molar-refractivity contribution in [1.29, 1.82) is 0 Å². The summed E-state index contributed by atoms with van der Waals surface area (Å²) in [5.41, 5.74) is 1.08. The molecule has 0 amide bonds. The molecule has 4 nitrogen and oxygen atoms in total. The van der Waals surface area contributed by atoms with Crippen molar-refractivity contribution in [2.75, 3.05) is 0 Å². The molecule has 5 heteroatoms. The number of rotatable bonds is 4. The summed E-state index contributed by atoms with van der Waals surface area (Å²) in [6, 6.07) is 7.10. The predicted octanol–water partition coefficient (Wildman–Crippen LogP) is 2.81. The molecule has 0 spiro atoms. The molecule has 0 aliphatic carbocycles. The van der Waals surface area contributed by atoms with Crippen molar-refractivity contribution in [2.24, 2.45) is 0 Å². The highest BCUT2D eigenvalue weighted by atomic mass is 19.1. The third-order valence-corrected chi connectivity index (χ3v) is 2.57. The van der Waals surface area contributed by atoms with Crippen LogP contribution in [0.2, 0.25) is 0 Å². The Morgan fingerprint density at radius 1 is 1.37 bits per heavy atom. The van der Waals surface area contributed by atoms with Crippen molar-refractivity contribution in [2.45, 2.75) is 13.5 Å². The van der Waals surface area contributed by atoms with Gasteiger partial charge in [-0.25, -0.2) is 9.18 Å². The van der Waals surface area contributed by atoms with Gasteiger partial charge in [0.05, 0.1) is 11.8 Å². The van der Waals surface area contributed by atoms with E-state index in [1.54, 1.807) is 12.1 Å². The smallest absolute Gasteiger partial charge is 0.335 e. The first-order chi connectivity index (χ1) is 9.06. The van der Waals surface area contributed by atoms with Crippen LogP contribution in [0.4, 0.5) is 4.39 Å². The molecule has 1 aromatic heterocycles. The van der Waals surface area contributed by atoms with Crippen LogP contribution in [0.25, 0.3) is 0 Å². The fourth-order valence-corrected chi connectivity index (χ4v) is 1.52. The summed E-state index contributed by atoms with van der Waals surface area (Å²) < 4.78 is 18.9. The van der Waals surface area contributed by atoms with E-state index in [-0.39, 0.29) is 17.7 Å². The molecule has 19 heavy (non-hydrogen) atoms. The average Bonchev–Trinajstić information content (AvgIpc) is 2.39. The number of ether oxygens (including phenoxy) is 1. The molecule has 0 saturated carbocycles. The topological polar surface area (TPSA) is 59.4 Å². The maximum absolute atomic E-state index is 13.5. The van der Waals surface area contributed by atoms with E-state index in [9.17, 15) is 9.18 Å². The van der Waals surface area contributed by atoms with Crippen LogP contribution in [0.1, 0.15) is 21.6 Å². The summed E-state index contributed by atoms with van der Waals surface area (Å²) in [4.78, 5) is 14.8.